The quantitative estimate of drug-likeness (QED) is 0.774. The number of carbonyl (C=O) groups is 2. The molecular weight excluding hydrogens is 314 g/mol. The Kier molecular flexibility index (Phi) is 5.69. The van der Waals surface area contributed by atoms with E-state index in [1.807, 2.05) is 32.9 Å². The van der Waals surface area contributed by atoms with Crippen LogP contribution in [0.4, 0.5) is 4.79 Å². The van der Waals surface area contributed by atoms with Gasteiger partial charge in [-0.25, -0.2) is 4.79 Å². The normalized spacial score (nSPS) is 20.0. The smallest absolute Gasteiger partial charge is 0.410 e. The molecular formula is C18H24ClNO3. The predicted octanol–water partition coefficient (Wildman–Crippen LogP) is 4.27. The number of aldehydes is 1. The zero-order valence-corrected chi connectivity index (χ0v) is 14.7. The number of carbonyl (C=O) groups excluding carboxylic acids is 2. The van der Waals surface area contributed by atoms with Crippen molar-refractivity contribution < 1.29 is 14.3 Å². The Hall–Kier alpha value is -1.55. The van der Waals surface area contributed by atoms with E-state index in [-0.39, 0.29) is 17.9 Å². The average molecular weight is 338 g/mol. The third kappa shape index (κ3) is 4.96. The molecule has 1 aliphatic heterocycles. The van der Waals surface area contributed by atoms with Crippen LogP contribution < -0.4 is 0 Å². The topological polar surface area (TPSA) is 46.6 Å². The van der Waals surface area contributed by atoms with Crippen molar-refractivity contribution >= 4 is 24.0 Å². The molecule has 0 saturated carbocycles. The van der Waals surface area contributed by atoms with Gasteiger partial charge < -0.3 is 14.4 Å². The molecule has 0 radical (unpaired) electrons. The SMILES string of the molecule is CC(C)(C)OC(=O)N1CCCC(C(C=O)c2ccc(Cl)cc2)C1. The van der Waals surface area contributed by atoms with Crippen LogP contribution in [0, 0.1) is 5.92 Å². The van der Waals surface area contributed by atoms with Gasteiger partial charge in [-0.05, 0) is 57.2 Å². The van der Waals surface area contributed by atoms with E-state index in [0.29, 0.717) is 18.1 Å². The lowest BCUT2D eigenvalue weighted by atomic mass is 9.82. The lowest BCUT2D eigenvalue weighted by molar-refractivity contribution is -0.110. The highest BCUT2D eigenvalue weighted by atomic mass is 35.5. The van der Waals surface area contributed by atoms with Gasteiger partial charge in [-0.2, -0.15) is 0 Å². The number of hydrogen-bond acceptors (Lipinski definition) is 3. The predicted molar refractivity (Wildman–Crippen MR) is 90.8 cm³/mol. The number of amides is 1. The van der Waals surface area contributed by atoms with Crippen LogP contribution in [-0.4, -0.2) is 36.0 Å². The number of likely N-dealkylation sites (tertiary alicyclic amines) is 1. The molecule has 1 saturated heterocycles. The highest BCUT2D eigenvalue weighted by molar-refractivity contribution is 6.30. The van der Waals surface area contributed by atoms with E-state index in [2.05, 4.69) is 0 Å². The summed E-state index contributed by atoms with van der Waals surface area (Å²) in [6.45, 7) is 6.79. The van der Waals surface area contributed by atoms with E-state index in [1.165, 1.54) is 0 Å². The number of halogens is 1. The molecule has 4 nitrogen and oxygen atoms in total. The number of rotatable bonds is 3. The van der Waals surface area contributed by atoms with E-state index >= 15 is 0 Å². The molecule has 1 heterocycles. The lowest BCUT2D eigenvalue weighted by Crippen LogP contribution is -2.44. The van der Waals surface area contributed by atoms with E-state index in [1.54, 1.807) is 17.0 Å². The fourth-order valence-corrected chi connectivity index (χ4v) is 3.07. The van der Waals surface area contributed by atoms with Crippen molar-refractivity contribution in [2.75, 3.05) is 13.1 Å². The first-order valence-corrected chi connectivity index (χ1v) is 8.36. The largest absolute Gasteiger partial charge is 0.444 e. The van der Waals surface area contributed by atoms with Crippen molar-refractivity contribution in [3.8, 4) is 0 Å². The van der Waals surface area contributed by atoms with Gasteiger partial charge in [-0.15, -0.1) is 0 Å². The highest BCUT2D eigenvalue weighted by Crippen LogP contribution is 2.31. The molecule has 0 bridgehead atoms. The van der Waals surface area contributed by atoms with Gasteiger partial charge in [0, 0.05) is 24.0 Å². The summed E-state index contributed by atoms with van der Waals surface area (Å²) in [7, 11) is 0. The van der Waals surface area contributed by atoms with Crippen molar-refractivity contribution in [2.45, 2.75) is 45.1 Å². The minimum atomic E-state index is -0.510. The first-order valence-electron chi connectivity index (χ1n) is 7.99. The molecule has 1 fully saturated rings. The van der Waals surface area contributed by atoms with Crippen molar-refractivity contribution in [2.24, 2.45) is 5.92 Å². The van der Waals surface area contributed by atoms with Crippen molar-refractivity contribution in [1.82, 2.24) is 4.90 Å². The number of hydrogen-bond donors (Lipinski definition) is 0. The Balaban J connectivity index is 2.08. The standard InChI is InChI=1S/C18H24ClNO3/c1-18(2,3)23-17(22)20-10-4-5-14(11-20)16(12-21)13-6-8-15(19)9-7-13/h6-9,12,14,16H,4-5,10-11H2,1-3H3. The molecule has 0 aliphatic carbocycles. The van der Waals surface area contributed by atoms with E-state index < -0.39 is 5.60 Å². The first kappa shape index (κ1) is 17.8. The van der Waals surface area contributed by atoms with Gasteiger partial charge in [0.15, 0.2) is 0 Å². The Morgan fingerprint density at radius 2 is 2.00 bits per heavy atom. The molecule has 0 spiro atoms. The van der Waals surface area contributed by atoms with E-state index in [4.69, 9.17) is 16.3 Å². The van der Waals surface area contributed by atoms with Crippen molar-refractivity contribution in [3.63, 3.8) is 0 Å². The molecule has 5 heteroatoms. The average Bonchev–Trinajstić information content (AvgIpc) is 2.48. The molecule has 1 aromatic carbocycles. The third-order valence-corrected chi connectivity index (χ3v) is 4.27. The summed E-state index contributed by atoms with van der Waals surface area (Å²) in [5.41, 5.74) is 0.435. The maximum Gasteiger partial charge on any atom is 0.410 e. The number of ether oxygens (including phenoxy) is 1. The van der Waals surface area contributed by atoms with Crippen LogP contribution in [-0.2, 0) is 9.53 Å². The Morgan fingerprint density at radius 3 is 2.57 bits per heavy atom. The molecule has 1 aliphatic rings. The Bertz CT molecular complexity index is 550. The van der Waals surface area contributed by atoms with Crippen LogP contribution in [0.15, 0.2) is 24.3 Å². The van der Waals surface area contributed by atoms with Gasteiger partial charge in [-0.3, -0.25) is 0 Å². The van der Waals surface area contributed by atoms with Gasteiger partial charge >= 0.3 is 6.09 Å². The summed E-state index contributed by atoms with van der Waals surface area (Å²) in [6, 6.07) is 7.35. The molecule has 0 N–H and O–H groups in total. The van der Waals surface area contributed by atoms with Gasteiger partial charge in [0.05, 0.1) is 0 Å². The van der Waals surface area contributed by atoms with Crippen LogP contribution in [0.2, 0.25) is 5.02 Å². The minimum Gasteiger partial charge on any atom is -0.444 e. The molecule has 126 valence electrons. The lowest BCUT2D eigenvalue weighted by Gasteiger charge is -2.36. The Labute approximate surface area is 142 Å². The molecule has 1 amide bonds. The number of nitrogens with zero attached hydrogens (tertiary/aromatic N) is 1. The molecule has 1 aromatic rings. The van der Waals surface area contributed by atoms with Crippen LogP contribution in [0.25, 0.3) is 0 Å². The molecule has 0 aromatic heterocycles. The van der Waals surface area contributed by atoms with Crippen molar-refractivity contribution in [1.29, 1.82) is 0 Å². The zero-order valence-electron chi connectivity index (χ0n) is 13.9. The van der Waals surface area contributed by atoms with Crippen molar-refractivity contribution in [3.05, 3.63) is 34.9 Å². The van der Waals surface area contributed by atoms with E-state index in [9.17, 15) is 9.59 Å². The van der Waals surface area contributed by atoms with Crippen LogP contribution in [0.5, 0.6) is 0 Å². The van der Waals surface area contributed by atoms with Gasteiger partial charge in [-0.1, -0.05) is 23.7 Å². The fourth-order valence-electron chi connectivity index (χ4n) is 2.94. The van der Waals surface area contributed by atoms with E-state index in [0.717, 1.165) is 24.7 Å². The first-order chi connectivity index (χ1) is 10.8. The summed E-state index contributed by atoms with van der Waals surface area (Å²) >= 11 is 5.91. The zero-order chi connectivity index (χ0) is 17.0. The summed E-state index contributed by atoms with van der Waals surface area (Å²) in [5, 5.41) is 0.650. The summed E-state index contributed by atoms with van der Waals surface area (Å²) in [4.78, 5) is 25.6. The Morgan fingerprint density at radius 1 is 1.35 bits per heavy atom. The third-order valence-electron chi connectivity index (χ3n) is 4.02. The molecule has 2 unspecified atom stereocenters. The van der Waals surface area contributed by atoms with Crippen LogP contribution in [0.1, 0.15) is 45.1 Å². The fraction of sp³-hybridized carbons (Fsp3) is 0.556. The van der Waals surface area contributed by atoms with Gasteiger partial charge in [0.2, 0.25) is 0 Å². The second kappa shape index (κ2) is 7.35. The molecule has 2 atom stereocenters. The van der Waals surface area contributed by atoms with Gasteiger partial charge in [0.25, 0.3) is 0 Å². The maximum absolute atomic E-state index is 12.2. The second-order valence-corrected chi connectivity index (χ2v) is 7.48. The summed E-state index contributed by atoms with van der Waals surface area (Å²) in [5.74, 6) is -0.118. The monoisotopic (exact) mass is 337 g/mol. The molecule has 2 rings (SSSR count). The van der Waals surface area contributed by atoms with Crippen LogP contribution >= 0.6 is 11.6 Å². The second-order valence-electron chi connectivity index (χ2n) is 7.04. The number of piperidine rings is 1. The number of benzene rings is 1. The highest BCUT2D eigenvalue weighted by Gasteiger charge is 2.32. The van der Waals surface area contributed by atoms with Gasteiger partial charge in [0.1, 0.15) is 11.9 Å². The summed E-state index contributed by atoms with van der Waals surface area (Å²) < 4.78 is 5.44. The maximum atomic E-state index is 12.2. The minimum absolute atomic E-state index is 0.106. The summed E-state index contributed by atoms with van der Waals surface area (Å²) in [6.07, 6.45) is 2.47. The van der Waals surface area contributed by atoms with Crippen LogP contribution in [0.3, 0.4) is 0 Å². The molecule has 23 heavy (non-hydrogen) atoms.